The molecular formula is C14H18N2O2S. The molecule has 1 aromatic rings. The Hall–Kier alpha value is -1.49. The van der Waals surface area contributed by atoms with Crippen molar-refractivity contribution in [3.8, 4) is 0 Å². The SMILES string of the molecule is CCC(C)(C)NC(=O)c1ccc2c(c1)NC(=O)CS2. The van der Waals surface area contributed by atoms with Crippen LogP contribution in [0.3, 0.4) is 0 Å². The zero-order valence-corrected chi connectivity index (χ0v) is 12.2. The number of anilines is 1. The molecule has 0 radical (unpaired) electrons. The maximum atomic E-state index is 12.2. The zero-order chi connectivity index (χ0) is 14.0. The average molecular weight is 278 g/mol. The van der Waals surface area contributed by atoms with E-state index in [4.69, 9.17) is 0 Å². The lowest BCUT2D eigenvalue weighted by molar-refractivity contribution is -0.113. The van der Waals surface area contributed by atoms with E-state index in [-0.39, 0.29) is 17.4 Å². The molecule has 1 heterocycles. The summed E-state index contributed by atoms with van der Waals surface area (Å²) >= 11 is 1.49. The number of rotatable bonds is 3. The van der Waals surface area contributed by atoms with E-state index < -0.39 is 0 Å². The molecule has 0 spiro atoms. The summed E-state index contributed by atoms with van der Waals surface area (Å²) < 4.78 is 0. The van der Waals surface area contributed by atoms with E-state index in [1.165, 1.54) is 11.8 Å². The van der Waals surface area contributed by atoms with Gasteiger partial charge in [0.2, 0.25) is 5.91 Å². The molecule has 0 aromatic heterocycles. The fourth-order valence-electron chi connectivity index (χ4n) is 1.69. The molecule has 2 amide bonds. The Kier molecular flexibility index (Phi) is 3.85. The van der Waals surface area contributed by atoms with E-state index in [1.807, 2.05) is 26.8 Å². The van der Waals surface area contributed by atoms with Crippen molar-refractivity contribution in [3.63, 3.8) is 0 Å². The maximum absolute atomic E-state index is 12.2. The van der Waals surface area contributed by atoms with Gasteiger partial charge in [-0.1, -0.05) is 6.92 Å². The molecule has 2 N–H and O–H groups in total. The summed E-state index contributed by atoms with van der Waals surface area (Å²) in [5, 5.41) is 5.77. The van der Waals surface area contributed by atoms with E-state index >= 15 is 0 Å². The first kappa shape index (κ1) is 13.9. The highest BCUT2D eigenvalue weighted by Gasteiger charge is 2.21. The minimum absolute atomic E-state index is 0.0241. The van der Waals surface area contributed by atoms with Gasteiger partial charge in [-0.2, -0.15) is 0 Å². The van der Waals surface area contributed by atoms with Gasteiger partial charge in [0.1, 0.15) is 0 Å². The number of nitrogens with one attached hydrogen (secondary N) is 2. The molecule has 0 unspecified atom stereocenters. The lowest BCUT2D eigenvalue weighted by atomic mass is 10.0. The highest BCUT2D eigenvalue weighted by Crippen LogP contribution is 2.32. The van der Waals surface area contributed by atoms with Crippen molar-refractivity contribution in [2.75, 3.05) is 11.1 Å². The molecule has 2 rings (SSSR count). The van der Waals surface area contributed by atoms with Crippen LogP contribution in [0.5, 0.6) is 0 Å². The molecule has 5 heteroatoms. The number of hydrogen-bond donors (Lipinski definition) is 2. The monoisotopic (exact) mass is 278 g/mol. The van der Waals surface area contributed by atoms with Gasteiger partial charge in [-0.3, -0.25) is 9.59 Å². The predicted octanol–water partition coefficient (Wildman–Crippen LogP) is 2.65. The van der Waals surface area contributed by atoms with Gasteiger partial charge in [-0.25, -0.2) is 0 Å². The van der Waals surface area contributed by atoms with Crippen LogP contribution in [-0.4, -0.2) is 23.1 Å². The molecule has 0 saturated heterocycles. The Morgan fingerprint density at radius 3 is 2.89 bits per heavy atom. The van der Waals surface area contributed by atoms with Crippen LogP contribution in [0.4, 0.5) is 5.69 Å². The highest BCUT2D eigenvalue weighted by molar-refractivity contribution is 8.00. The normalized spacial score (nSPS) is 14.6. The van der Waals surface area contributed by atoms with Crippen LogP contribution in [0.2, 0.25) is 0 Å². The lowest BCUT2D eigenvalue weighted by Crippen LogP contribution is -2.42. The maximum Gasteiger partial charge on any atom is 0.251 e. The Labute approximate surface area is 117 Å². The molecule has 1 aliphatic rings. The van der Waals surface area contributed by atoms with Gasteiger partial charge in [-0.15, -0.1) is 11.8 Å². The number of carbonyl (C=O) groups excluding carboxylic acids is 2. The van der Waals surface area contributed by atoms with Crippen LogP contribution in [-0.2, 0) is 4.79 Å². The first-order chi connectivity index (χ1) is 8.91. The second-order valence-corrected chi connectivity index (χ2v) is 6.26. The topological polar surface area (TPSA) is 58.2 Å². The molecule has 0 aliphatic carbocycles. The van der Waals surface area contributed by atoms with Crippen molar-refractivity contribution in [2.45, 2.75) is 37.6 Å². The Morgan fingerprint density at radius 2 is 2.21 bits per heavy atom. The standard InChI is InChI=1S/C14H18N2O2S/c1-4-14(2,3)16-13(18)9-5-6-11-10(7-9)15-12(17)8-19-11/h5-7H,4,8H2,1-3H3,(H,15,17)(H,16,18). The molecule has 19 heavy (non-hydrogen) atoms. The number of amides is 2. The molecule has 4 nitrogen and oxygen atoms in total. The Morgan fingerprint density at radius 1 is 1.47 bits per heavy atom. The predicted molar refractivity (Wildman–Crippen MR) is 77.6 cm³/mol. The molecule has 102 valence electrons. The van der Waals surface area contributed by atoms with E-state index in [9.17, 15) is 9.59 Å². The van der Waals surface area contributed by atoms with Gasteiger partial charge in [-0.05, 0) is 38.5 Å². The van der Waals surface area contributed by atoms with Crippen molar-refractivity contribution >= 4 is 29.3 Å². The van der Waals surface area contributed by atoms with Crippen molar-refractivity contribution in [3.05, 3.63) is 23.8 Å². The highest BCUT2D eigenvalue weighted by atomic mass is 32.2. The third kappa shape index (κ3) is 3.29. The largest absolute Gasteiger partial charge is 0.347 e. The van der Waals surface area contributed by atoms with Crippen LogP contribution < -0.4 is 10.6 Å². The van der Waals surface area contributed by atoms with Crippen LogP contribution in [0.25, 0.3) is 0 Å². The lowest BCUT2D eigenvalue weighted by Gasteiger charge is -2.25. The first-order valence-corrected chi connectivity index (χ1v) is 7.29. The van der Waals surface area contributed by atoms with E-state index in [0.29, 0.717) is 11.3 Å². The number of hydrogen-bond acceptors (Lipinski definition) is 3. The second-order valence-electron chi connectivity index (χ2n) is 5.24. The quantitative estimate of drug-likeness (QED) is 0.893. The summed E-state index contributed by atoms with van der Waals surface area (Å²) in [6.07, 6.45) is 0.857. The molecule has 1 aliphatic heterocycles. The summed E-state index contributed by atoms with van der Waals surface area (Å²) in [6, 6.07) is 5.41. The van der Waals surface area contributed by atoms with Gasteiger partial charge < -0.3 is 10.6 Å². The van der Waals surface area contributed by atoms with Crippen molar-refractivity contribution in [1.82, 2.24) is 5.32 Å². The van der Waals surface area contributed by atoms with Gasteiger partial charge in [0.25, 0.3) is 5.91 Å². The van der Waals surface area contributed by atoms with Crippen LogP contribution >= 0.6 is 11.8 Å². The molecule has 0 fully saturated rings. The minimum atomic E-state index is -0.231. The first-order valence-electron chi connectivity index (χ1n) is 6.30. The average Bonchev–Trinajstić information content (AvgIpc) is 2.37. The molecule has 0 atom stereocenters. The van der Waals surface area contributed by atoms with E-state index in [2.05, 4.69) is 10.6 Å². The van der Waals surface area contributed by atoms with E-state index in [0.717, 1.165) is 17.0 Å². The number of benzene rings is 1. The molecular weight excluding hydrogens is 260 g/mol. The zero-order valence-electron chi connectivity index (χ0n) is 11.4. The summed E-state index contributed by atoms with van der Waals surface area (Å²) in [5.74, 6) is 0.296. The third-order valence-corrected chi connectivity index (χ3v) is 4.28. The fraction of sp³-hybridized carbons (Fsp3) is 0.429. The summed E-state index contributed by atoms with van der Waals surface area (Å²) in [5.41, 5.74) is 1.07. The number of fused-ring (bicyclic) bond motifs is 1. The number of carbonyl (C=O) groups is 2. The second kappa shape index (κ2) is 5.25. The summed E-state index contributed by atoms with van der Waals surface area (Å²) in [7, 11) is 0. The van der Waals surface area contributed by atoms with Crippen LogP contribution in [0.1, 0.15) is 37.6 Å². The summed E-state index contributed by atoms with van der Waals surface area (Å²) in [6.45, 7) is 6.01. The Bertz CT molecular complexity index is 526. The van der Waals surface area contributed by atoms with Gasteiger partial charge in [0.05, 0.1) is 11.4 Å². The summed E-state index contributed by atoms with van der Waals surface area (Å²) in [4.78, 5) is 24.5. The van der Waals surface area contributed by atoms with E-state index in [1.54, 1.807) is 12.1 Å². The molecule has 0 saturated carbocycles. The molecule has 1 aromatic carbocycles. The fourth-order valence-corrected chi connectivity index (χ4v) is 2.48. The molecule has 0 bridgehead atoms. The smallest absolute Gasteiger partial charge is 0.251 e. The number of thioether (sulfide) groups is 1. The van der Waals surface area contributed by atoms with Crippen LogP contribution in [0, 0.1) is 0 Å². The minimum Gasteiger partial charge on any atom is -0.347 e. The third-order valence-electron chi connectivity index (χ3n) is 3.21. The van der Waals surface area contributed by atoms with Crippen molar-refractivity contribution < 1.29 is 9.59 Å². The van der Waals surface area contributed by atoms with Crippen molar-refractivity contribution in [2.24, 2.45) is 0 Å². The van der Waals surface area contributed by atoms with Crippen LogP contribution in [0.15, 0.2) is 23.1 Å². The van der Waals surface area contributed by atoms with Gasteiger partial charge in [0, 0.05) is 16.0 Å². The van der Waals surface area contributed by atoms with Crippen molar-refractivity contribution in [1.29, 1.82) is 0 Å². The Balaban J connectivity index is 2.20. The van der Waals surface area contributed by atoms with Gasteiger partial charge in [0.15, 0.2) is 0 Å². The van der Waals surface area contributed by atoms with Gasteiger partial charge >= 0.3 is 0 Å².